The number of thiocarbonyl (C=S) groups is 1. The Morgan fingerprint density at radius 3 is 3.00 bits per heavy atom. The first-order valence-corrected chi connectivity index (χ1v) is 7.54. The van der Waals surface area contributed by atoms with Crippen molar-refractivity contribution in [2.24, 2.45) is 5.10 Å². The molecule has 0 radical (unpaired) electrons. The summed E-state index contributed by atoms with van der Waals surface area (Å²) in [5, 5.41) is 7.75. The van der Waals surface area contributed by atoms with Gasteiger partial charge in [0.15, 0.2) is 16.6 Å². The first-order valence-electron chi connectivity index (χ1n) is 7.13. The molecule has 1 aromatic rings. The van der Waals surface area contributed by atoms with Crippen LogP contribution >= 0.6 is 12.2 Å². The lowest BCUT2D eigenvalue weighted by atomic mass is 10.1. The number of hydrogen-bond donors (Lipinski definition) is 2. The van der Waals surface area contributed by atoms with E-state index >= 15 is 0 Å². The molecule has 1 aliphatic rings. The Hall–Kier alpha value is -1.86. The largest absolute Gasteiger partial charge is 0.454 e. The molecule has 0 saturated heterocycles. The summed E-state index contributed by atoms with van der Waals surface area (Å²) in [4.78, 5) is 0. The van der Waals surface area contributed by atoms with Crippen LogP contribution in [0.25, 0.3) is 0 Å². The van der Waals surface area contributed by atoms with E-state index in [1.165, 1.54) is 5.56 Å². The number of nitrogens with zero attached hydrogens (tertiary/aromatic N) is 1. The second-order valence-corrected chi connectivity index (χ2v) is 5.30. The van der Waals surface area contributed by atoms with Crippen LogP contribution in [0, 0.1) is 0 Å². The molecule has 0 aliphatic carbocycles. The molecule has 0 saturated carbocycles. The zero-order chi connectivity index (χ0) is 15.8. The van der Waals surface area contributed by atoms with Crippen molar-refractivity contribution in [3.8, 4) is 11.5 Å². The Bertz CT molecular complexity index is 549. The second kappa shape index (κ2) is 8.55. The SMILES string of the molecule is COCCNC(=S)NN=C(C)CCc1ccc2c(c1)OCO2. The van der Waals surface area contributed by atoms with Crippen molar-refractivity contribution < 1.29 is 14.2 Å². The molecular formula is C15H21N3O3S. The topological polar surface area (TPSA) is 64.1 Å². The number of rotatable bonds is 7. The predicted molar refractivity (Wildman–Crippen MR) is 89.6 cm³/mol. The Morgan fingerprint density at radius 2 is 2.18 bits per heavy atom. The van der Waals surface area contributed by atoms with Crippen molar-refractivity contribution >= 4 is 23.0 Å². The van der Waals surface area contributed by atoms with Gasteiger partial charge in [-0.25, -0.2) is 0 Å². The highest BCUT2D eigenvalue weighted by Crippen LogP contribution is 2.32. The van der Waals surface area contributed by atoms with Gasteiger partial charge in [0.25, 0.3) is 0 Å². The third kappa shape index (κ3) is 5.16. The van der Waals surface area contributed by atoms with Crippen LogP contribution in [0.15, 0.2) is 23.3 Å². The first-order chi connectivity index (χ1) is 10.7. The summed E-state index contributed by atoms with van der Waals surface area (Å²) in [5.74, 6) is 1.62. The molecule has 0 aromatic heterocycles. The molecule has 0 atom stereocenters. The minimum absolute atomic E-state index is 0.302. The monoisotopic (exact) mass is 323 g/mol. The van der Waals surface area contributed by atoms with Gasteiger partial charge in [-0.2, -0.15) is 5.10 Å². The predicted octanol–water partition coefficient (Wildman–Crippen LogP) is 1.83. The van der Waals surface area contributed by atoms with E-state index in [0.29, 0.717) is 25.1 Å². The summed E-state index contributed by atoms with van der Waals surface area (Å²) in [6.07, 6.45) is 1.73. The van der Waals surface area contributed by atoms with Crippen LogP contribution < -0.4 is 20.2 Å². The number of nitrogens with one attached hydrogen (secondary N) is 2. The fourth-order valence-corrected chi connectivity index (χ4v) is 2.08. The maximum absolute atomic E-state index is 5.37. The maximum atomic E-state index is 5.37. The van der Waals surface area contributed by atoms with Gasteiger partial charge in [0.05, 0.1) is 6.61 Å². The van der Waals surface area contributed by atoms with Crippen molar-refractivity contribution in [2.75, 3.05) is 27.1 Å². The standard InChI is InChI=1S/C15H21N3O3S/c1-11(17-18-15(22)16-7-8-19-2)3-4-12-5-6-13-14(9-12)21-10-20-13/h5-6,9H,3-4,7-8,10H2,1-2H3,(H2,16,18,22). The second-order valence-electron chi connectivity index (χ2n) is 4.90. The van der Waals surface area contributed by atoms with E-state index in [2.05, 4.69) is 15.8 Å². The third-order valence-corrected chi connectivity index (χ3v) is 3.39. The average Bonchev–Trinajstić information content (AvgIpc) is 2.98. The molecule has 0 spiro atoms. The molecule has 22 heavy (non-hydrogen) atoms. The number of hydrogen-bond acceptors (Lipinski definition) is 5. The highest BCUT2D eigenvalue weighted by Gasteiger charge is 2.12. The molecule has 2 N–H and O–H groups in total. The van der Waals surface area contributed by atoms with Crippen molar-refractivity contribution in [3.63, 3.8) is 0 Å². The molecule has 2 rings (SSSR count). The Labute approximate surface area is 135 Å². The van der Waals surface area contributed by atoms with Gasteiger partial charge < -0.3 is 19.5 Å². The minimum atomic E-state index is 0.302. The van der Waals surface area contributed by atoms with Crippen LogP contribution in [0.3, 0.4) is 0 Å². The third-order valence-electron chi connectivity index (χ3n) is 3.15. The summed E-state index contributed by atoms with van der Waals surface area (Å²) in [7, 11) is 1.65. The lowest BCUT2D eigenvalue weighted by molar-refractivity contribution is 0.174. The summed E-state index contributed by atoms with van der Waals surface area (Å²) in [6, 6.07) is 6.00. The van der Waals surface area contributed by atoms with Crippen LogP contribution in [-0.2, 0) is 11.2 Å². The van der Waals surface area contributed by atoms with E-state index < -0.39 is 0 Å². The average molecular weight is 323 g/mol. The molecule has 1 aromatic carbocycles. The molecule has 1 heterocycles. The molecule has 0 fully saturated rings. The van der Waals surface area contributed by atoms with E-state index in [0.717, 1.165) is 30.1 Å². The van der Waals surface area contributed by atoms with E-state index in [9.17, 15) is 0 Å². The van der Waals surface area contributed by atoms with Crippen LogP contribution in [-0.4, -0.2) is 37.9 Å². The number of methoxy groups -OCH3 is 1. The highest BCUT2D eigenvalue weighted by molar-refractivity contribution is 7.80. The quantitative estimate of drug-likeness (QED) is 0.345. The Kier molecular flexibility index (Phi) is 6.42. The lowest BCUT2D eigenvalue weighted by Gasteiger charge is -2.07. The van der Waals surface area contributed by atoms with Gasteiger partial charge in [0.1, 0.15) is 0 Å². The van der Waals surface area contributed by atoms with E-state index in [-0.39, 0.29) is 0 Å². The van der Waals surface area contributed by atoms with Gasteiger partial charge in [-0.05, 0) is 49.7 Å². The number of aryl methyl sites for hydroxylation is 1. The van der Waals surface area contributed by atoms with Crippen LogP contribution in [0.5, 0.6) is 11.5 Å². The van der Waals surface area contributed by atoms with Crippen LogP contribution in [0.4, 0.5) is 0 Å². The van der Waals surface area contributed by atoms with Gasteiger partial charge in [0, 0.05) is 19.4 Å². The molecule has 0 amide bonds. The van der Waals surface area contributed by atoms with Crippen LogP contribution in [0.2, 0.25) is 0 Å². The van der Waals surface area contributed by atoms with E-state index in [1.807, 2.05) is 25.1 Å². The minimum Gasteiger partial charge on any atom is -0.454 e. The van der Waals surface area contributed by atoms with Gasteiger partial charge >= 0.3 is 0 Å². The maximum Gasteiger partial charge on any atom is 0.231 e. The van der Waals surface area contributed by atoms with Crippen LogP contribution in [0.1, 0.15) is 18.9 Å². The fraction of sp³-hybridized carbons (Fsp3) is 0.467. The fourth-order valence-electron chi connectivity index (χ4n) is 1.93. The Balaban J connectivity index is 1.73. The molecule has 0 bridgehead atoms. The normalized spacial score (nSPS) is 13.1. The zero-order valence-corrected chi connectivity index (χ0v) is 13.7. The lowest BCUT2D eigenvalue weighted by Crippen LogP contribution is -2.34. The molecule has 0 unspecified atom stereocenters. The van der Waals surface area contributed by atoms with Crippen molar-refractivity contribution in [1.82, 2.24) is 10.7 Å². The summed E-state index contributed by atoms with van der Waals surface area (Å²) in [5.41, 5.74) is 5.00. The van der Waals surface area contributed by atoms with E-state index in [1.54, 1.807) is 7.11 Å². The van der Waals surface area contributed by atoms with Gasteiger partial charge in [0.2, 0.25) is 6.79 Å². The zero-order valence-electron chi connectivity index (χ0n) is 12.8. The first kappa shape index (κ1) is 16.5. The number of hydrazone groups is 1. The van der Waals surface area contributed by atoms with Gasteiger partial charge in [-0.15, -0.1) is 0 Å². The summed E-state index contributed by atoms with van der Waals surface area (Å²) >= 11 is 5.10. The molecule has 1 aliphatic heterocycles. The van der Waals surface area contributed by atoms with Crippen molar-refractivity contribution in [1.29, 1.82) is 0 Å². The summed E-state index contributed by atoms with van der Waals surface area (Å²) < 4.78 is 15.6. The van der Waals surface area contributed by atoms with Gasteiger partial charge in [-0.1, -0.05) is 6.07 Å². The number of ether oxygens (including phenoxy) is 3. The van der Waals surface area contributed by atoms with Crippen molar-refractivity contribution in [2.45, 2.75) is 19.8 Å². The van der Waals surface area contributed by atoms with Gasteiger partial charge in [-0.3, -0.25) is 5.43 Å². The summed E-state index contributed by atoms with van der Waals surface area (Å²) in [6.45, 7) is 3.54. The molecule has 6 nitrogen and oxygen atoms in total. The Morgan fingerprint density at radius 1 is 1.36 bits per heavy atom. The molecular weight excluding hydrogens is 302 g/mol. The van der Waals surface area contributed by atoms with Crippen molar-refractivity contribution in [3.05, 3.63) is 23.8 Å². The highest BCUT2D eigenvalue weighted by atomic mass is 32.1. The van der Waals surface area contributed by atoms with E-state index in [4.69, 9.17) is 26.4 Å². The molecule has 7 heteroatoms. The molecule has 120 valence electrons. The number of benzene rings is 1. The smallest absolute Gasteiger partial charge is 0.231 e. The number of fused-ring (bicyclic) bond motifs is 1.